The topological polar surface area (TPSA) is 38.7 Å². The van der Waals surface area contributed by atoms with Crippen LogP contribution in [0.25, 0.3) is 0 Å². The van der Waals surface area contributed by atoms with Crippen LogP contribution in [0.4, 0.5) is 4.39 Å². The normalized spacial score (nSPS) is 11.2. The number of benzene rings is 2. The molecule has 3 nitrogen and oxygen atoms in total. The highest BCUT2D eigenvalue weighted by Gasteiger charge is 2.09. The smallest absolute Gasteiger partial charge is 0.318 e. The lowest BCUT2D eigenvalue weighted by Gasteiger charge is -2.06. The average molecular weight is 285 g/mol. The van der Waals surface area contributed by atoms with Crippen LogP contribution in [0.2, 0.25) is 0 Å². The van der Waals surface area contributed by atoms with E-state index in [1.165, 1.54) is 12.1 Å². The second-order valence-electron chi connectivity index (χ2n) is 4.53. The lowest BCUT2D eigenvalue weighted by atomic mass is 10.0. The summed E-state index contributed by atoms with van der Waals surface area (Å²) >= 11 is 0. The van der Waals surface area contributed by atoms with Gasteiger partial charge in [0, 0.05) is 17.5 Å². The molecule has 21 heavy (non-hydrogen) atoms. The van der Waals surface area contributed by atoms with Crippen molar-refractivity contribution in [2.75, 3.05) is 0 Å². The number of hydrogen-bond acceptors (Lipinski definition) is 3. The zero-order chi connectivity index (χ0) is 15.1. The lowest BCUT2D eigenvalue weighted by molar-refractivity contribution is -0.143. The van der Waals surface area contributed by atoms with E-state index >= 15 is 0 Å². The van der Waals surface area contributed by atoms with Crippen molar-refractivity contribution < 1.29 is 14.0 Å². The first-order valence-electron chi connectivity index (χ1n) is 6.80. The predicted octanol–water partition coefficient (Wildman–Crippen LogP) is 3.92. The molecule has 0 aliphatic rings. The zero-order valence-electron chi connectivity index (χ0n) is 11.8. The van der Waals surface area contributed by atoms with E-state index in [4.69, 9.17) is 4.84 Å². The van der Waals surface area contributed by atoms with Gasteiger partial charge >= 0.3 is 5.97 Å². The van der Waals surface area contributed by atoms with Gasteiger partial charge < -0.3 is 4.84 Å². The molecule has 0 aromatic heterocycles. The summed E-state index contributed by atoms with van der Waals surface area (Å²) in [4.78, 5) is 16.4. The van der Waals surface area contributed by atoms with E-state index in [1.54, 1.807) is 12.1 Å². The van der Waals surface area contributed by atoms with Crippen LogP contribution in [0.5, 0.6) is 0 Å². The molecular formula is C17H16FNO2. The Bertz CT molecular complexity index is 621. The van der Waals surface area contributed by atoms with Gasteiger partial charge in [0.15, 0.2) is 0 Å². The van der Waals surface area contributed by atoms with Gasteiger partial charge in [0.05, 0.1) is 0 Å². The first kappa shape index (κ1) is 14.9. The second kappa shape index (κ2) is 7.33. The SMILES string of the molecule is CCCC(=O)O/N=C(\c1ccccc1)c1ccc(F)cc1. The van der Waals surface area contributed by atoms with Crippen LogP contribution < -0.4 is 0 Å². The Balaban J connectivity index is 2.33. The zero-order valence-corrected chi connectivity index (χ0v) is 11.8. The molecule has 0 radical (unpaired) electrons. The molecule has 0 bridgehead atoms. The number of rotatable bonds is 5. The molecule has 0 spiro atoms. The summed E-state index contributed by atoms with van der Waals surface area (Å²) in [5, 5.41) is 3.96. The molecule has 2 aromatic carbocycles. The Kier molecular flexibility index (Phi) is 5.21. The minimum absolute atomic E-state index is 0.314. The third-order valence-corrected chi connectivity index (χ3v) is 2.86. The number of carbonyl (C=O) groups excluding carboxylic acids is 1. The van der Waals surface area contributed by atoms with Crippen molar-refractivity contribution in [2.45, 2.75) is 19.8 Å². The summed E-state index contributed by atoms with van der Waals surface area (Å²) in [5.41, 5.74) is 1.99. The molecule has 2 aromatic rings. The number of halogens is 1. The highest BCUT2D eigenvalue weighted by atomic mass is 19.1. The van der Waals surface area contributed by atoms with E-state index in [0.29, 0.717) is 24.1 Å². The minimum atomic E-state index is -0.381. The van der Waals surface area contributed by atoms with Crippen LogP contribution >= 0.6 is 0 Å². The Morgan fingerprint density at radius 3 is 2.29 bits per heavy atom. The van der Waals surface area contributed by atoms with Gasteiger partial charge in [-0.1, -0.05) is 42.4 Å². The Morgan fingerprint density at radius 2 is 1.67 bits per heavy atom. The Labute approximate surface area is 123 Å². The lowest BCUT2D eigenvalue weighted by Crippen LogP contribution is -2.07. The minimum Gasteiger partial charge on any atom is -0.318 e. The van der Waals surface area contributed by atoms with Gasteiger partial charge in [-0.2, -0.15) is 0 Å². The number of oxime groups is 1. The molecule has 0 amide bonds. The highest BCUT2D eigenvalue weighted by molar-refractivity contribution is 6.12. The van der Waals surface area contributed by atoms with Crippen LogP contribution in [-0.4, -0.2) is 11.7 Å². The molecule has 0 aliphatic carbocycles. The number of hydrogen-bond donors (Lipinski definition) is 0. The highest BCUT2D eigenvalue weighted by Crippen LogP contribution is 2.12. The summed E-state index contributed by atoms with van der Waals surface area (Å²) in [6.07, 6.45) is 1.01. The van der Waals surface area contributed by atoms with Gasteiger partial charge in [-0.05, 0) is 30.7 Å². The van der Waals surface area contributed by atoms with Gasteiger partial charge in [-0.25, -0.2) is 9.18 Å². The molecule has 0 saturated carbocycles. The van der Waals surface area contributed by atoms with Crippen molar-refractivity contribution in [3.05, 3.63) is 71.5 Å². The molecule has 0 unspecified atom stereocenters. The van der Waals surface area contributed by atoms with Crippen LogP contribution in [0.3, 0.4) is 0 Å². The van der Waals surface area contributed by atoms with Crippen LogP contribution in [0.1, 0.15) is 30.9 Å². The molecule has 0 saturated heterocycles. The fourth-order valence-electron chi connectivity index (χ4n) is 1.82. The summed E-state index contributed by atoms with van der Waals surface area (Å²) in [5.74, 6) is -0.706. The summed E-state index contributed by atoms with van der Waals surface area (Å²) < 4.78 is 13.0. The maximum absolute atomic E-state index is 13.0. The van der Waals surface area contributed by atoms with Gasteiger partial charge in [0.25, 0.3) is 0 Å². The van der Waals surface area contributed by atoms with Crippen LogP contribution in [0.15, 0.2) is 59.8 Å². The van der Waals surface area contributed by atoms with Gasteiger partial charge in [-0.3, -0.25) is 0 Å². The fourth-order valence-corrected chi connectivity index (χ4v) is 1.82. The third kappa shape index (κ3) is 4.24. The second-order valence-corrected chi connectivity index (χ2v) is 4.53. The van der Waals surface area contributed by atoms with Crippen molar-refractivity contribution in [2.24, 2.45) is 5.16 Å². The molecule has 0 heterocycles. The molecule has 0 aliphatic heterocycles. The van der Waals surface area contributed by atoms with Gasteiger partial charge in [0.1, 0.15) is 11.5 Å². The predicted molar refractivity (Wildman–Crippen MR) is 79.5 cm³/mol. The molecule has 0 fully saturated rings. The summed E-state index contributed by atoms with van der Waals surface area (Å²) in [6, 6.07) is 15.2. The van der Waals surface area contributed by atoms with Crippen molar-refractivity contribution >= 4 is 11.7 Å². The van der Waals surface area contributed by atoms with E-state index in [9.17, 15) is 9.18 Å². The maximum Gasteiger partial charge on any atom is 0.335 e. The molecule has 2 rings (SSSR count). The van der Waals surface area contributed by atoms with E-state index in [1.807, 2.05) is 37.3 Å². The monoisotopic (exact) mass is 285 g/mol. The molecule has 4 heteroatoms. The fraction of sp³-hybridized carbons (Fsp3) is 0.176. The Hall–Kier alpha value is -2.49. The van der Waals surface area contributed by atoms with Crippen molar-refractivity contribution in [3.8, 4) is 0 Å². The molecule has 0 N–H and O–H groups in total. The number of carbonyl (C=O) groups is 1. The summed E-state index contributed by atoms with van der Waals surface area (Å²) in [6.45, 7) is 1.89. The first-order valence-corrected chi connectivity index (χ1v) is 6.80. The maximum atomic E-state index is 13.0. The van der Waals surface area contributed by atoms with Crippen molar-refractivity contribution in [1.29, 1.82) is 0 Å². The first-order chi connectivity index (χ1) is 10.2. The van der Waals surface area contributed by atoms with E-state index in [-0.39, 0.29) is 11.8 Å². The standard InChI is InChI=1S/C17H16FNO2/c1-2-6-16(20)21-19-17(13-7-4-3-5-8-13)14-9-11-15(18)12-10-14/h3-5,7-12H,2,6H2,1H3/b19-17+. The quantitative estimate of drug-likeness (QED) is 0.474. The van der Waals surface area contributed by atoms with Crippen molar-refractivity contribution in [3.63, 3.8) is 0 Å². The largest absolute Gasteiger partial charge is 0.335 e. The van der Waals surface area contributed by atoms with E-state index in [2.05, 4.69) is 5.16 Å². The number of nitrogens with zero attached hydrogens (tertiary/aromatic N) is 1. The Morgan fingerprint density at radius 1 is 1.05 bits per heavy atom. The van der Waals surface area contributed by atoms with E-state index in [0.717, 1.165) is 5.56 Å². The van der Waals surface area contributed by atoms with Crippen molar-refractivity contribution in [1.82, 2.24) is 0 Å². The van der Waals surface area contributed by atoms with Crippen LogP contribution in [-0.2, 0) is 9.63 Å². The third-order valence-electron chi connectivity index (χ3n) is 2.86. The van der Waals surface area contributed by atoms with E-state index < -0.39 is 0 Å². The van der Waals surface area contributed by atoms with Gasteiger partial charge in [0.2, 0.25) is 0 Å². The van der Waals surface area contributed by atoms with Gasteiger partial charge in [-0.15, -0.1) is 0 Å². The summed E-state index contributed by atoms with van der Waals surface area (Å²) in [7, 11) is 0. The molecule has 0 atom stereocenters. The van der Waals surface area contributed by atoms with Crippen LogP contribution in [0, 0.1) is 5.82 Å². The average Bonchev–Trinajstić information content (AvgIpc) is 2.50. The molecular weight excluding hydrogens is 269 g/mol. The molecule has 108 valence electrons.